The second-order valence-corrected chi connectivity index (χ2v) is 4.48. The van der Waals surface area contributed by atoms with Crippen molar-refractivity contribution in [3.8, 4) is 0 Å². The van der Waals surface area contributed by atoms with Crippen molar-refractivity contribution >= 4 is 33.2 Å². The van der Waals surface area contributed by atoms with Gasteiger partial charge in [-0.05, 0) is 39.7 Å². The van der Waals surface area contributed by atoms with Crippen molar-refractivity contribution in [2.45, 2.75) is 6.54 Å². The van der Waals surface area contributed by atoms with Crippen LogP contribution in [0.3, 0.4) is 0 Å². The molecule has 2 heterocycles. The maximum Gasteiger partial charge on any atom is 0.152 e. The molecule has 0 fully saturated rings. The zero-order valence-corrected chi connectivity index (χ0v) is 10.7. The van der Waals surface area contributed by atoms with Gasteiger partial charge in [-0.3, -0.25) is 4.98 Å². The van der Waals surface area contributed by atoms with Crippen molar-refractivity contribution in [1.29, 1.82) is 0 Å². The first-order valence-electron chi connectivity index (χ1n) is 4.69. The molecular weight excluding hydrogens is 289 g/mol. The lowest BCUT2D eigenvalue weighted by Crippen LogP contribution is -2.00. The lowest BCUT2D eigenvalue weighted by molar-refractivity contribution is 1.10. The summed E-state index contributed by atoms with van der Waals surface area (Å²) < 4.78 is 0.962. The fourth-order valence-electron chi connectivity index (χ4n) is 1.27. The summed E-state index contributed by atoms with van der Waals surface area (Å²) in [5, 5.41) is 3.68. The summed E-state index contributed by atoms with van der Waals surface area (Å²) >= 11 is 9.30. The summed E-state index contributed by atoms with van der Waals surface area (Å²) in [5.74, 6) is 0. The molecule has 16 heavy (non-hydrogen) atoms. The smallest absolute Gasteiger partial charge is 0.152 e. The Bertz CT molecular complexity index is 490. The van der Waals surface area contributed by atoms with E-state index in [9.17, 15) is 0 Å². The first-order valence-corrected chi connectivity index (χ1v) is 5.86. The van der Waals surface area contributed by atoms with E-state index < -0.39 is 0 Å². The predicted molar refractivity (Wildman–Crippen MR) is 68.5 cm³/mol. The van der Waals surface area contributed by atoms with E-state index in [0.29, 0.717) is 11.7 Å². The van der Waals surface area contributed by atoms with Crippen LogP contribution in [0.5, 0.6) is 0 Å². The number of pyridine rings is 2. The van der Waals surface area contributed by atoms with Gasteiger partial charge in [-0.2, -0.15) is 0 Å². The van der Waals surface area contributed by atoms with Crippen molar-refractivity contribution in [3.05, 3.63) is 52.0 Å². The lowest BCUT2D eigenvalue weighted by atomic mass is 10.3. The molecule has 1 N–H and O–H groups in total. The van der Waals surface area contributed by atoms with E-state index in [0.717, 1.165) is 15.7 Å². The maximum atomic E-state index is 5.92. The third-order valence-electron chi connectivity index (χ3n) is 2.00. The van der Waals surface area contributed by atoms with Gasteiger partial charge in [-0.25, -0.2) is 4.98 Å². The van der Waals surface area contributed by atoms with Gasteiger partial charge >= 0.3 is 0 Å². The molecule has 0 aliphatic rings. The zero-order valence-electron chi connectivity index (χ0n) is 8.32. The van der Waals surface area contributed by atoms with Gasteiger partial charge < -0.3 is 5.32 Å². The number of anilines is 1. The standard InChI is InChI=1S/C11H9BrClN3/c12-9-4-8(5-14-7-9)6-16-10-2-1-3-15-11(10)13/h1-5,7,16H,6H2. The molecule has 5 heteroatoms. The van der Waals surface area contributed by atoms with Crippen molar-refractivity contribution in [2.24, 2.45) is 0 Å². The first kappa shape index (κ1) is 11.4. The molecule has 82 valence electrons. The summed E-state index contributed by atoms with van der Waals surface area (Å²) in [4.78, 5) is 8.07. The van der Waals surface area contributed by atoms with E-state index in [-0.39, 0.29) is 0 Å². The lowest BCUT2D eigenvalue weighted by Gasteiger charge is -2.07. The summed E-state index contributed by atoms with van der Waals surface area (Å²) in [6, 6.07) is 5.73. The van der Waals surface area contributed by atoms with E-state index in [1.165, 1.54) is 0 Å². The topological polar surface area (TPSA) is 37.8 Å². The summed E-state index contributed by atoms with van der Waals surface area (Å²) in [7, 11) is 0. The Balaban J connectivity index is 2.05. The molecule has 0 radical (unpaired) electrons. The molecule has 0 atom stereocenters. The molecule has 0 aliphatic heterocycles. The Labute approximate surface area is 107 Å². The van der Waals surface area contributed by atoms with Gasteiger partial charge in [0.1, 0.15) is 0 Å². The number of hydrogen-bond donors (Lipinski definition) is 1. The number of aromatic nitrogens is 2. The Morgan fingerprint density at radius 3 is 3.00 bits per heavy atom. The molecule has 0 unspecified atom stereocenters. The van der Waals surface area contributed by atoms with Crippen LogP contribution in [0.1, 0.15) is 5.56 Å². The van der Waals surface area contributed by atoms with Gasteiger partial charge in [0.05, 0.1) is 5.69 Å². The third-order valence-corrected chi connectivity index (χ3v) is 2.74. The Kier molecular flexibility index (Phi) is 3.74. The maximum absolute atomic E-state index is 5.92. The van der Waals surface area contributed by atoms with E-state index in [1.54, 1.807) is 12.4 Å². The molecule has 2 rings (SSSR count). The minimum atomic E-state index is 0.477. The van der Waals surface area contributed by atoms with Crippen LogP contribution in [0.2, 0.25) is 5.15 Å². The summed E-state index contributed by atoms with van der Waals surface area (Å²) in [5.41, 5.74) is 1.90. The van der Waals surface area contributed by atoms with Gasteiger partial charge in [0.25, 0.3) is 0 Å². The Morgan fingerprint density at radius 2 is 2.25 bits per heavy atom. The van der Waals surface area contributed by atoms with Crippen LogP contribution >= 0.6 is 27.5 Å². The molecule has 2 aromatic rings. The van der Waals surface area contributed by atoms with Crippen LogP contribution in [0.4, 0.5) is 5.69 Å². The number of nitrogens with one attached hydrogen (secondary N) is 1. The quantitative estimate of drug-likeness (QED) is 0.881. The van der Waals surface area contributed by atoms with Gasteiger partial charge in [0.15, 0.2) is 5.15 Å². The summed E-state index contributed by atoms with van der Waals surface area (Å²) in [6.45, 7) is 0.665. The number of rotatable bonds is 3. The molecule has 0 aromatic carbocycles. The minimum absolute atomic E-state index is 0.477. The molecular formula is C11H9BrClN3. The summed E-state index contributed by atoms with van der Waals surface area (Å²) in [6.07, 6.45) is 5.22. The largest absolute Gasteiger partial charge is 0.378 e. The van der Waals surface area contributed by atoms with Gasteiger partial charge in [-0.15, -0.1) is 0 Å². The van der Waals surface area contributed by atoms with Crippen LogP contribution < -0.4 is 5.32 Å². The normalized spacial score (nSPS) is 10.1. The van der Waals surface area contributed by atoms with Crippen LogP contribution in [-0.2, 0) is 6.54 Å². The highest BCUT2D eigenvalue weighted by Crippen LogP contribution is 2.18. The predicted octanol–water partition coefficient (Wildman–Crippen LogP) is 3.50. The van der Waals surface area contributed by atoms with E-state index in [2.05, 4.69) is 31.2 Å². The van der Waals surface area contributed by atoms with E-state index in [4.69, 9.17) is 11.6 Å². The second-order valence-electron chi connectivity index (χ2n) is 3.21. The molecule has 3 nitrogen and oxygen atoms in total. The molecule has 0 saturated heterocycles. The fraction of sp³-hybridized carbons (Fsp3) is 0.0909. The van der Waals surface area contributed by atoms with E-state index >= 15 is 0 Å². The molecule has 0 amide bonds. The molecule has 0 bridgehead atoms. The number of nitrogens with zero attached hydrogens (tertiary/aromatic N) is 2. The molecule has 2 aromatic heterocycles. The fourth-order valence-corrected chi connectivity index (χ4v) is 1.87. The second kappa shape index (κ2) is 5.27. The van der Waals surface area contributed by atoms with Crippen LogP contribution in [0.15, 0.2) is 41.3 Å². The van der Waals surface area contributed by atoms with E-state index in [1.807, 2.05) is 24.4 Å². The number of halogens is 2. The highest BCUT2D eigenvalue weighted by atomic mass is 79.9. The minimum Gasteiger partial charge on any atom is -0.378 e. The van der Waals surface area contributed by atoms with Crippen molar-refractivity contribution in [2.75, 3.05) is 5.32 Å². The number of hydrogen-bond acceptors (Lipinski definition) is 3. The first-order chi connectivity index (χ1) is 7.75. The highest BCUT2D eigenvalue weighted by molar-refractivity contribution is 9.10. The average molecular weight is 299 g/mol. The van der Waals surface area contributed by atoms with Crippen molar-refractivity contribution in [3.63, 3.8) is 0 Å². The van der Waals surface area contributed by atoms with Gasteiger partial charge in [0.2, 0.25) is 0 Å². The van der Waals surface area contributed by atoms with Crippen LogP contribution in [-0.4, -0.2) is 9.97 Å². The molecule has 0 spiro atoms. The average Bonchev–Trinajstić information content (AvgIpc) is 2.28. The SMILES string of the molecule is Clc1ncccc1NCc1cncc(Br)c1. The molecule has 0 aliphatic carbocycles. The van der Waals surface area contributed by atoms with Crippen molar-refractivity contribution < 1.29 is 0 Å². The Morgan fingerprint density at radius 1 is 1.38 bits per heavy atom. The molecule has 0 saturated carbocycles. The van der Waals surface area contributed by atoms with Gasteiger partial charge in [0, 0.05) is 29.6 Å². The van der Waals surface area contributed by atoms with Crippen LogP contribution in [0, 0.1) is 0 Å². The van der Waals surface area contributed by atoms with Crippen LogP contribution in [0.25, 0.3) is 0 Å². The monoisotopic (exact) mass is 297 g/mol. The highest BCUT2D eigenvalue weighted by Gasteiger charge is 2.00. The van der Waals surface area contributed by atoms with Crippen molar-refractivity contribution in [1.82, 2.24) is 9.97 Å². The third kappa shape index (κ3) is 2.93. The zero-order chi connectivity index (χ0) is 11.4. The Hall–Kier alpha value is -1.13. The van der Waals surface area contributed by atoms with Gasteiger partial charge in [-0.1, -0.05) is 11.6 Å².